The molecule has 1 aliphatic rings. The predicted molar refractivity (Wildman–Crippen MR) is 111 cm³/mol. The highest BCUT2D eigenvalue weighted by molar-refractivity contribution is 7.91. The minimum absolute atomic E-state index is 0.0409. The molecule has 1 aliphatic heterocycles. The number of rotatable bonds is 7. The zero-order valence-electron chi connectivity index (χ0n) is 16.3. The molecule has 2 aromatic rings. The lowest BCUT2D eigenvalue weighted by Crippen LogP contribution is -2.47. The first-order chi connectivity index (χ1) is 13.8. The highest BCUT2D eigenvalue weighted by atomic mass is 32.2. The van der Waals surface area contributed by atoms with Crippen molar-refractivity contribution in [1.29, 1.82) is 0 Å². The first-order valence-corrected chi connectivity index (χ1v) is 11.5. The number of aromatic amines is 1. The molecule has 0 aliphatic carbocycles. The Hall–Kier alpha value is -2.68. The molecule has 1 fully saturated rings. The minimum Gasteiger partial charge on any atom is -0.360 e. The number of H-pyrrole nitrogens is 1. The Labute approximate surface area is 169 Å². The number of hydrogen-bond donors (Lipinski definition) is 2. The molecule has 0 bridgehead atoms. The second-order valence-electron chi connectivity index (χ2n) is 7.26. The third-order valence-electron chi connectivity index (χ3n) is 5.16. The van der Waals surface area contributed by atoms with Crippen LogP contribution in [0.3, 0.4) is 0 Å². The normalized spacial score (nSPS) is 17.9. The lowest BCUT2D eigenvalue weighted by atomic mass is 10.1. The van der Waals surface area contributed by atoms with Gasteiger partial charge in [-0.15, -0.1) is 0 Å². The number of amides is 2. The zero-order chi connectivity index (χ0) is 21.0. The Balaban J connectivity index is 1.70. The molecule has 1 saturated heterocycles. The number of carbonyl (C=O) groups is 2. The number of carbonyl (C=O) groups excluding carboxylic acids is 2. The second-order valence-corrected chi connectivity index (χ2v) is 9.49. The molecule has 8 nitrogen and oxygen atoms in total. The maximum atomic E-state index is 12.7. The van der Waals surface area contributed by atoms with E-state index in [-0.39, 0.29) is 35.6 Å². The van der Waals surface area contributed by atoms with Crippen LogP contribution in [0.25, 0.3) is 10.9 Å². The summed E-state index contributed by atoms with van der Waals surface area (Å²) in [5.74, 6) is -0.946. The van der Waals surface area contributed by atoms with Gasteiger partial charge >= 0.3 is 0 Å². The minimum atomic E-state index is -3.13. The van der Waals surface area contributed by atoms with Crippen LogP contribution in [-0.4, -0.2) is 60.8 Å². The molecule has 2 amide bonds. The quantitative estimate of drug-likeness (QED) is 0.696. The van der Waals surface area contributed by atoms with Gasteiger partial charge in [0.05, 0.1) is 18.1 Å². The Bertz CT molecular complexity index is 1080. The zero-order valence-corrected chi connectivity index (χ0v) is 17.1. The van der Waals surface area contributed by atoms with Gasteiger partial charge in [0.25, 0.3) is 5.91 Å². The number of benzene rings is 1. The molecule has 29 heavy (non-hydrogen) atoms. The van der Waals surface area contributed by atoms with Gasteiger partial charge in [-0.25, -0.2) is 8.42 Å². The van der Waals surface area contributed by atoms with Gasteiger partial charge in [0.1, 0.15) is 5.56 Å². The summed E-state index contributed by atoms with van der Waals surface area (Å²) in [4.78, 5) is 42.2. The average molecular weight is 420 g/mol. The summed E-state index contributed by atoms with van der Waals surface area (Å²) in [6.07, 6.45) is 3.36. The van der Waals surface area contributed by atoms with Crippen molar-refractivity contribution in [2.75, 3.05) is 24.6 Å². The van der Waals surface area contributed by atoms with Gasteiger partial charge < -0.3 is 15.2 Å². The van der Waals surface area contributed by atoms with Crippen LogP contribution >= 0.6 is 0 Å². The summed E-state index contributed by atoms with van der Waals surface area (Å²) in [7, 11) is -3.13. The van der Waals surface area contributed by atoms with Crippen LogP contribution in [0.1, 0.15) is 36.5 Å². The number of hydrogen-bond acceptors (Lipinski definition) is 5. The van der Waals surface area contributed by atoms with Crippen molar-refractivity contribution in [2.45, 2.75) is 32.2 Å². The highest BCUT2D eigenvalue weighted by Gasteiger charge is 2.34. The third kappa shape index (κ3) is 4.84. The summed E-state index contributed by atoms with van der Waals surface area (Å²) >= 11 is 0. The highest BCUT2D eigenvalue weighted by Crippen LogP contribution is 2.18. The van der Waals surface area contributed by atoms with Gasteiger partial charge in [-0.05, 0) is 25.0 Å². The van der Waals surface area contributed by atoms with Crippen molar-refractivity contribution >= 4 is 32.6 Å². The maximum absolute atomic E-state index is 12.7. The van der Waals surface area contributed by atoms with E-state index in [4.69, 9.17) is 0 Å². The first-order valence-electron chi connectivity index (χ1n) is 9.71. The van der Waals surface area contributed by atoms with Crippen LogP contribution in [0.5, 0.6) is 0 Å². The fraction of sp³-hybridized carbons (Fsp3) is 0.450. The van der Waals surface area contributed by atoms with Crippen molar-refractivity contribution in [3.63, 3.8) is 0 Å². The molecule has 9 heteroatoms. The second kappa shape index (κ2) is 8.77. The predicted octanol–water partition coefficient (Wildman–Crippen LogP) is 1.07. The summed E-state index contributed by atoms with van der Waals surface area (Å²) in [5, 5.41) is 2.90. The number of fused-ring (bicyclic) bond motifs is 1. The van der Waals surface area contributed by atoms with E-state index >= 15 is 0 Å². The Morgan fingerprint density at radius 1 is 1.28 bits per heavy atom. The van der Waals surface area contributed by atoms with E-state index in [1.165, 1.54) is 6.20 Å². The fourth-order valence-electron chi connectivity index (χ4n) is 3.55. The molecule has 2 N–H and O–H groups in total. The lowest BCUT2D eigenvalue weighted by molar-refractivity contribution is -0.132. The summed E-state index contributed by atoms with van der Waals surface area (Å²) < 4.78 is 23.6. The number of para-hydroxylation sites is 1. The molecular weight excluding hydrogens is 394 g/mol. The standard InChI is InChI=1S/C20H25N3O5S/c1-2-3-9-23(14-8-10-29(27,28)13-14)18(24)12-22-20(26)16-11-21-17-7-5-4-6-15(17)19(16)25/h4-7,11,14H,2-3,8-10,12-13H2,1H3,(H,21,25)(H,22,26). The number of unbranched alkanes of at least 4 members (excludes halogenated alkanes) is 1. The van der Waals surface area contributed by atoms with Crippen molar-refractivity contribution in [3.8, 4) is 0 Å². The largest absolute Gasteiger partial charge is 0.360 e. The van der Waals surface area contributed by atoms with Gasteiger partial charge in [-0.1, -0.05) is 25.5 Å². The molecule has 1 atom stereocenters. The lowest BCUT2D eigenvalue weighted by Gasteiger charge is -2.28. The number of nitrogens with one attached hydrogen (secondary N) is 2. The molecule has 1 aromatic carbocycles. The Morgan fingerprint density at radius 2 is 2.03 bits per heavy atom. The maximum Gasteiger partial charge on any atom is 0.257 e. The molecule has 156 valence electrons. The number of nitrogens with zero attached hydrogens (tertiary/aromatic N) is 1. The summed E-state index contributed by atoms with van der Waals surface area (Å²) in [5.41, 5.74) is 0.146. The van der Waals surface area contributed by atoms with Gasteiger partial charge in [0, 0.05) is 29.7 Å². The van der Waals surface area contributed by atoms with Crippen molar-refractivity contribution in [2.24, 2.45) is 0 Å². The van der Waals surface area contributed by atoms with Gasteiger partial charge in [0.15, 0.2) is 9.84 Å². The van der Waals surface area contributed by atoms with Crippen LogP contribution in [-0.2, 0) is 14.6 Å². The third-order valence-corrected chi connectivity index (χ3v) is 6.91. The first kappa shape index (κ1) is 21.0. The van der Waals surface area contributed by atoms with Crippen molar-refractivity contribution in [3.05, 3.63) is 46.2 Å². The van der Waals surface area contributed by atoms with E-state index in [2.05, 4.69) is 10.3 Å². The van der Waals surface area contributed by atoms with E-state index < -0.39 is 21.2 Å². The fourth-order valence-corrected chi connectivity index (χ4v) is 5.28. The molecule has 1 unspecified atom stereocenters. The molecule has 0 radical (unpaired) electrons. The van der Waals surface area contributed by atoms with Gasteiger partial charge in [-0.2, -0.15) is 0 Å². The van der Waals surface area contributed by atoms with Gasteiger partial charge in [-0.3, -0.25) is 14.4 Å². The van der Waals surface area contributed by atoms with Crippen LogP contribution in [0.15, 0.2) is 35.3 Å². The van der Waals surface area contributed by atoms with E-state index in [1.54, 1.807) is 29.2 Å². The summed E-state index contributed by atoms with van der Waals surface area (Å²) in [6, 6.07) is 6.50. The van der Waals surface area contributed by atoms with E-state index in [9.17, 15) is 22.8 Å². The average Bonchev–Trinajstić information content (AvgIpc) is 3.06. The molecule has 1 aromatic heterocycles. The van der Waals surface area contributed by atoms with Crippen LogP contribution < -0.4 is 10.7 Å². The molecule has 3 rings (SSSR count). The molecular formula is C20H25N3O5S. The van der Waals surface area contributed by atoms with Crippen LogP contribution in [0, 0.1) is 0 Å². The smallest absolute Gasteiger partial charge is 0.257 e. The number of aromatic nitrogens is 1. The SMILES string of the molecule is CCCCN(C(=O)CNC(=O)c1c[nH]c2ccccc2c1=O)C1CCS(=O)(=O)C1. The number of sulfone groups is 1. The monoisotopic (exact) mass is 419 g/mol. The van der Waals surface area contributed by atoms with Crippen LogP contribution in [0.2, 0.25) is 0 Å². The summed E-state index contributed by atoms with van der Waals surface area (Å²) in [6.45, 7) is 2.15. The Kier molecular flexibility index (Phi) is 6.36. The van der Waals surface area contributed by atoms with E-state index in [0.29, 0.717) is 23.9 Å². The topological polar surface area (TPSA) is 116 Å². The Morgan fingerprint density at radius 3 is 2.72 bits per heavy atom. The van der Waals surface area contributed by atoms with E-state index in [1.807, 2.05) is 6.92 Å². The van der Waals surface area contributed by atoms with Crippen LogP contribution in [0.4, 0.5) is 0 Å². The number of pyridine rings is 1. The molecule has 0 saturated carbocycles. The van der Waals surface area contributed by atoms with E-state index in [0.717, 1.165) is 12.8 Å². The van der Waals surface area contributed by atoms with Crippen molar-refractivity contribution < 1.29 is 18.0 Å². The molecule has 0 spiro atoms. The molecule has 2 heterocycles. The van der Waals surface area contributed by atoms with Gasteiger partial charge in [0.2, 0.25) is 11.3 Å². The van der Waals surface area contributed by atoms with Crippen molar-refractivity contribution in [1.82, 2.24) is 15.2 Å².